The van der Waals surface area contributed by atoms with Gasteiger partial charge in [-0.1, -0.05) is 28.1 Å². The van der Waals surface area contributed by atoms with Crippen LogP contribution >= 0.6 is 15.9 Å². The van der Waals surface area contributed by atoms with Crippen molar-refractivity contribution < 1.29 is 17.9 Å². The number of rotatable bonds is 5. The van der Waals surface area contributed by atoms with E-state index in [1.54, 1.807) is 12.1 Å². The summed E-state index contributed by atoms with van der Waals surface area (Å²) in [5, 5.41) is 3.19. The normalized spacial score (nSPS) is 11.2. The van der Waals surface area contributed by atoms with Crippen molar-refractivity contribution >= 4 is 21.6 Å². The lowest BCUT2D eigenvalue weighted by molar-refractivity contribution is -0.153. The van der Waals surface area contributed by atoms with Gasteiger partial charge < -0.3 is 10.1 Å². The van der Waals surface area contributed by atoms with Gasteiger partial charge in [0.15, 0.2) is 6.61 Å². The van der Waals surface area contributed by atoms with Crippen molar-refractivity contribution in [2.45, 2.75) is 12.7 Å². The van der Waals surface area contributed by atoms with Gasteiger partial charge in [0, 0.05) is 16.7 Å². The van der Waals surface area contributed by atoms with Crippen LogP contribution in [-0.4, -0.2) is 12.8 Å². The number of anilines is 1. The molecule has 0 saturated carbocycles. The maximum Gasteiger partial charge on any atom is 0.422 e. The largest absolute Gasteiger partial charge is 0.484 e. The molecule has 2 aromatic rings. The van der Waals surface area contributed by atoms with Crippen molar-refractivity contribution in [1.82, 2.24) is 0 Å². The van der Waals surface area contributed by atoms with Gasteiger partial charge in [-0.3, -0.25) is 0 Å². The van der Waals surface area contributed by atoms with Crippen LogP contribution in [-0.2, 0) is 6.54 Å². The monoisotopic (exact) mass is 359 g/mol. The van der Waals surface area contributed by atoms with Crippen LogP contribution in [0, 0.1) is 0 Å². The van der Waals surface area contributed by atoms with Crippen LogP contribution < -0.4 is 10.1 Å². The van der Waals surface area contributed by atoms with Gasteiger partial charge in [-0.25, -0.2) is 0 Å². The van der Waals surface area contributed by atoms with Crippen molar-refractivity contribution in [3.8, 4) is 5.75 Å². The Balaban J connectivity index is 1.87. The Morgan fingerprint density at radius 3 is 2.38 bits per heavy atom. The van der Waals surface area contributed by atoms with Gasteiger partial charge in [-0.15, -0.1) is 0 Å². The maximum atomic E-state index is 12.0. The van der Waals surface area contributed by atoms with Gasteiger partial charge in [0.25, 0.3) is 0 Å². The average molecular weight is 360 g/mol. The highest BCUT2D eigenvalue weighted by atomic mass is 79.9. The quantitative estimate of drug-likeness (QED) is 0.810. The Morgan fingerprint density at radius 1 is 1.05 bits per heavy atom. The fourth-order valence-corrected chi connectivity index (χ4v) is 2.13. The van der Waals surface area contributed by atoms with Gasteiger partial charge in [0.05, 0.1) is 0 Å². The lowest BCUT2D eigenvalue weighted by Gasteiger charge is -2.10. The highest BCUT2D eigenvalue weighted by Gasteiger charge is 2.28. The molecule has 0 unspecified atom stereocenters. The van der Waals surface area contributed by atoms with Crippen LogP contribution in [0.3, 0.4) is 0 Å². The van der Waals surface area contributed by atoms with E-state index in [2.05, 4.69) is 26.0 Å². The van der Waals surface area contributed by atoms with Crippen LogP contribution in [0.4, 0.5) is 18.9 Å². The summed E-state index contributed by atoms with van der Waals surface area (Å²) in [5.41, 5.74) is 1.91. The summed E-state index contributed by atoms with van der Waals surface area (Å²) in [6, 6.07) is 14.2. The van der Waals surface area contributed by atoms with Gasteiger partial charge in [-0.2, -0.15) is 13.2 Å². The van der Waals surface area contributed by atoms with E-state index in [0.717, 1.165) is 15.7 Å². The molecule has 0 saturated heterocycles. The topological polar surface area (TPSA) is 21.3 Å². The van der Waals surface area contributed by atoms with E-state index in [1.807, 2.05) is 24.3 Å². The molecule has 1 N–H and O–H groups in total. The summed E-state index contributed by atoms with van der Waals surface area (Å²) in [5.74, 6) is 0.195. The minimum Gasteiger partial charge on any atom is -0.484 e. The zero-order valence-corrected chi connectivity index (χ0v) is 12.5. The predicted octanol–water partition coefficient (Wildman–Crippen LogP) is 5.00. The molecule has 6 heteroatoms. The molecule has 0 aromatic heterocycles. The first-order valence-electron chi connectivity index (χ1n) is 6.20. The number of halogens is 4. The molecule has 2 rings (SSSR count). The van der Waals surface area contributed by atoms with E-state index in [-0.39, 0.29) is 5.75 Å². The summed E-state index contributed by atoms with van der Waals surface area (Å²) in [6.07, 6.45) is -4.32. The Morgan fingerprint density at radius 2 is 1.76 bits per heavy atom. The molecule has 0 bridgehead atoms. The molecule has 2 nitrogen and oxygen atoms in total. The second-order valence-electron chi connectivity index (χ2n) is 4.41. The van der Waals surface area contributed by atoms with Crippen LogP contribution in [0.25, 0.3) is 0 Å². The Bertz CT molecular complexity index is 584. The number of ether oxygens (including phenoxy) is 1. The standard InChI is InChI=1S/C15H13BrF3NO/c16-12-3-1-2-11(8-12)9-20-13-4-6-14(7-5-13)21-10-15(17,18)19/h1-8,20H,9-10H2. The van der Waals surface area contributed by atoms with Gasteiger partial charge in [0.2, 0.25) is 0 Å². The van der Waals surface area contributed by atoms with Crippen molar-refractivity contribution in [3.05, 3.63) is 58.6 Å². The first kappa shape index (κ1) is 15.7. The molecule has 2 aromatic carbocycles. The number of benzene rings is 2. The van der Waals surface area contributed by atoms with E-state index < -0.39 is 12.8 Å². The number of alkyl halides is 3. The fourth-order valence-electron chi connectivity index (χ4n) is 1.69. The first-order chi connectivity index (χ1) is 9.92. The summed E-state index contributed by atoms with van der Waals surface area (Å²) >= 11 is 3.39. The van der Waals surface area contributed by atoms with Crippen LogP contribution in [0.15, 0.2) is 53.0 Å². The highest BCUT2D eigenvalue weighted by molar-refractivity contribution is 9.10. The molecule has 0 spiro atoms. The second-order valence-corrected chi connectivity index (χ2v) is 5.33. The van der Waals surface area contributed by atoms with E-state index in [1.165, 1.54) is 12.1 Å². The fraction of sp³-hybridized carbons (Fsp3) is 0.200. The third kappa shape index (κ3) is 5.67. The average Bonchev–Trinajstić information content (AvgIpc) is 2.43. The number of hydrogen-bond donors (Lipinski definition) is 1. The van der Waals surface area contributed by atoms with E-state index >= 15 is 0 Å². The van der Waals surface area contributed by atoms with Gasteiger partial charge >= 0.3 is 6.18 Å². The molecular weight excluding hydrogens is 347 g/mol. The highest BCUT2D eigenvalue weighted by Crippen LogP contribution is 2.21. The zero-order chi connectivity index (χ0) is 15.3. The molecule has 0 aliphatic heterocycles. The third-order valence-corrected chi connectivity index (χ3v) is 3.14. The summed E-state index contributed by atoms with van der Waals surface area (Å²) in [7, 11) is 0. The molecule has 112 valence electrons. The summed E-state index contributed by atoms with van der Waals surface area (Å²) < 4.78 is 41.7. The molecule has 0 amide bonds. The van der Waals surface area contributed by atoms with E-state index in [0.29, 0.717) is 6.54 Å². The minimum absolute atomic E-state index is 0.195. The van der Waals surface area contributed by atoms with Crippen molar-refractivity contribution in [2.24, 2.45) is 0 Å². The van der Waals surface area contributed by atoms with Crippen molar-refractivity contribution in [2.75, 3.05) is 11.9 Å². The molecule has 21 heavy (non-hydrogen) atoms. The Hall–Kier alpha value is -1.69. The molecule has 0 radical (unpaired) electrons. The number of hydrogen-bond acceptors (Lipinski definition) is 2. The van der Waals surface area contributed by atoms with Gasteiger partial charge in [0.1, 0.15) is 5.75 Å². The molecule has 0 heterocycles. The summed E-state index contributed by atoms with van der Waals surface area (Å²) in [4.78, 5) is 0. The molecule has 0 aliphatic rings. The SMILES string of the molecule is FC(F)(F)COc1ccc(NCc2cccc(Br)c2)cc1. The molecule has 0 atom stereocenters. The van der Waals surface area contributed by atoms with E-state index in [9.17, 15) is 13.2 Å². The van der Waals surface area contributed by atoms with Gasteiger partial charge in [-0.05, 0) is 42.0 Å². The minimum atomic E-state index is -4.32. The maximum absolute atomic E-state index is 12.0. The first-order valence-corrected chi connectivity index (χ1v) is 7.00. The predicted molar refractivity (Wildman–Crippen MR) is 79.5 cm³/mol. The van der Waals surface area contributed by atoms with Crippen LogP contribution in [0.5, 0.6) is 5.75 Å². The van der Waals surface area contributed by atoms with Crippen LogP contribution in [0.2, 0.25) is 0 Å². The lowest BCUT2D eigenvalue weighted by Crippen LogP contribution is -2.19. The van der Waals surface area contributed by atoms with E-state index in [4.69, 9.17) is 0 Å². The zero-order valence-electron chi connectivity index (χ0n) is 11.0. The van der Waals surface area contributed by atoms with Crippen molar-refractivity contribution in [1.29, 1.82) is 0 Å². The molecule has 0 aliphatic carbocycles. The smallest absolute Gasteiger partial charge is 0.422 e. The Labute approximate surface area is 129 Å². The number of nitrogens with one attached hydrogen (secondary N) is 1. The Kier molecular flexibility index (Phi) is 5.12. The van der Waals surface area contributed by atoms with Crippen molar-refractivity contribution in [3.63, 3.8) is 0 Å². The lowest BCUT2D eigenvalue weighted by atomic mass is 10.2. The van der Waals surface area contributed by atoms with Crippen LogP contribution in [0.1, 0.15) is 5.56 Å². The molecule has 0 fully saturated rings. The summed E-state index contributed by atoms with van der Waals surface area (Å²) in [6.45, 7) is -0.653. The second kappa shape index (κ2) is 6.85. The molecular formula is C15H13BrF3NO. The third-order valence-electron chi connectivity index (χ3n) is 2.64.